The number of aromatic nitrogens is 3. The van der Waals surface area contributed by atoms with Crippen LogP contribution < -0.4 is 5.73 Å². The lowest BCUT2D eigenvalue weighted by Gasteiger charge is -2.42. The van der Waals surface area contributed by atoms with Gasteiger partial charge in [-0.15, -0.1) is 0 Å². The Morgan fingerprint density at radius 3 is 2.70 bits per heavy atom. The van der Waals surface area contributed by atoms with Gasteiger partial charge in [-0.2, -0.15) is 5.10 Å². The molecule has 0 radical (unpaired) electrons. The Balaban J connectivity index is 2.12. The predicted octanol–water partition coefficient (Wildman–Crippen LogP) is 3.19. The lowest BCUT2D eigenvalue weighted by molar-refractivity contribution is 0.110. The smallest absolute Gasteiger partial charge is 0.138 e. The molecule has 2 rings (SSSR count). The molecular weight excluding hydrogens is 248 g/mol. The van der Waals surface area contributed by atoms with E-state index in [0.717, 1.165) is 24.6 Å². The zero-order chi connectivity index (χ0) is 14.9. The third-order valence-electron chi connectivity index (χ3n) is 4.92. The summed E-state index contributed by atoms with van der Waals surface area (Å²) in [6.07, 6.45) is 6.33. The Labute approximate surface area is 123 Å². The summed E-state index contributed by atoms with van der Waals surface area (Å²) in [6, 6.07) is 0.688. The van der Waals surface area contributed by atoms with Crippen LogP contribution in [-0.4, -0.2) is 20.8 Å². The van der Waals surface area contributed by atoms with E-state index < -0.39 is 0 Å². The molecule has 4 heteroatoms. The number of rotatable bonds is 4. The van der Waals surface area contributed by atoms with E-state index in [4.69, 9.17) is 5.73 Å². The van der Waals surface area contributed by atoms with E-state index in [1.165, 1.54) is 12.8 Å². The van der Waals surface area contributed by atoms with E-state index in [-0.39, 0.29) is 5.41 Å². The maximum atomic E-state index is 6.44. The molecule has 20 heavy (non-hydrogen) atoms. The van der Waals surface area contributed by atoms with E-state index in [9.17, 15) is 0 Å². The molecule has 3 atom stereocenters. The van der Waals surface area contributed by atoms with Gasteiger partial charge in [0, 0.05) is 18.5 Å². The molecule has 114 valence electrons. The Bertz CT molecular complexity index is 435. The van der Waals surface area contributed by atoms with Crippen LogP contribution >= 0.6 is 0 Å². The topological polar surface area (TPSA) is 56.7 Å². The van der Waals surface area contributed by atoms with Crippen LogP contribution in [0.4, 0.5) is 0 Å². The van der Waals surface area contributed by atoms with E-state index in [0.29, 0.717) is 18.0 Å². The Morgan fingerprint density at radius 1 is 1.40 bits per heavy atom. The highest BCUT2D eigenvalue weighted by atomic mass is 15.3. The van der Waals surface area contributed by atoms with E-state index in [2.05, 4.69) is 44.7 Å². The van der Waals surface area contributed by atoms with E-state index >= 15 is 0 Å². The third-order valence-corrected chi connectivity index (χ3v) is 4.92. The van der Waals surface area contributed by atoms with Crippen molar-refractivity contribution in [2.75, 3.05) is 0 Å². The molecule has 4 nitrogen and oxygen atoms in total. The standard InChI is InChI=1S/C16H30N4/c1-11(2)20-15(18-10-19-20)9-16(4,5)13-7-6-12(3)8-14(13)17/h10-14H,6-9,17H2,1-5H3. The maximum absolute atomic E-state index is 6.44. The summed E-state index contributed by atoms with van der Waals surface area (Å²) < 4.78 is 2.04. The van der Waals surface area contributed by atoms with Crippen molar-refractivity contribution in [3.05, 3.63) is 12.2 Å². The average molecular weight is 278 g/mol. The van der Waals surface area contributed by atoms with Gasteiger partial charge in [0.15, 0.2) is 0 Å². The Morgan fingerprint density at radius 2 is 2.10 bits per heavy atom. The minimum absolute atomic E-state index is 0.180. The third kappa shape index (κ3) is 3.22. The minimum atomic E-state index is 0.180. The number of hydrogen-bond acceptors (Lipinski definition) is 3. The van der Waals surface area contributed by atoms with Crippen molar-refractivity contribution in [1.82, 2.24) is 14.8 Å². The van der Waals surface area contributed by atoms with Crippen molar-refractivity contribution in [3.8, 4) is 0 Å². The van der Waals surface area contributed by atoms with Crippen LogP contribution in [-0.2, 0) is 6.42 Å². The van der Waals surface area contributed by atoms with Crippen molar-refractivity contribution in [2.45, 2.75) is 72.4 Å². The molecule has 0 bridgehead atoms. The minimum Gasteiger partial charge on any atom is -0.327 e. The molecule has 0 aromatic carbocycles. The van der Waals surface area contributed by atoms with Crippen LogP contribution in [0.25, 0.3) is 0 Å². The molecule has 3 unspecified atom stereocenters. The van der Waals surface area contributed by atoms with Gasteiger partial charge in [0.05, 0.1) is 0 Å². The molecule has 1 fully saturated rings. The Hall–Kier alpha value is -0.900. The quantitative estimate of drug-likeness (QED) is 0.920. The molecule has 1 aliphatic carbocycles. The maximum Gasteiger partial charge on any atom is 0.138 e. The van der Waals surface area contributed by atoms with E-state index in [1.807, 2.05) is 4.68 Å². The summed E-state index contributed by atoms with van der Waals surface area (Å²) in [7, 11) is 0. The number of nitrogens with zero attached hydrogens (tertiary/aromatic N) is 3. The lowest BCUT2D eigenvalue weighted by Crippen LogP contribution is -2.45. The summed E-state index contributed by atoms with van der Waals surface area (Å²) >= 11 is 0. The fourth-order valence-electron chi connectivity index (χ4n) is 3.77. The zero-order valence-corrected chi connectivity index (χ0v) is 13.6. The van der Waals surface area contributed by atoms with Gasteiger partial charge < -0.3 is 5.73 Å². The highest BCUT2D eigenvalue weighted by Crippen LogP contribution is 2.41. The number of nitrogens with two attached hydrogens (primary N) is 1. The molecule has 1 saturated carbocycles. The second kappa shape index (κ2) is 5.84. The van der Waals surface area contributed by atoms with Crippen molar-refractivity contribution in [2.24, 2.45) is 23.0 Å². The first-order chi connectivity index (χ1) is 9.31. The summed E-state index contributed by atoms with van der Waals surface area (Å²) in [5.41, 5.74) is 6.62. The van der Waals surface area contributed by atoms with Gasteiger partial charge in [0.2, 0.25) is 0 Å². The largest absolute Gasteiger partial charge is 0.327 e. The van der Waals surface area contributed by atoms with Crippen LogP contribution in [0.2, 0.25) is 0 Å². The first kappa shape index (κ1) is 15.5. The van der Waals surface area contributed by atoms with Crippen LogP contribution in [0, 0.1) is 17.3 Å². The fraction of sp³-hybridized carbons (Fsp3) is 0.875. The SMILES string of the molecule is CC1CCC(C(C)(C)Cc2ncnn2C(C)C)C(N)C1. The molecule has 0 amide bonds. The first-order valence-corrected chi connectivity index (χ1v) is 7.95. The first-order valence-electron chi connectivity index (χ1n) is 7.95. The fourth-order valence-corrected chi connectivity index (χ4v) is 3.77. The summed E-state index contributed by atoms with van der Waals surface area (Å²) in [4.78, 5) is 4.47. The summed E-state index contributed by atoms with van der Waals surface area (Å²) in [5, 5.41) is 4.35. The van der Waals surface area contributed by atoms with Gasteiger partial charge in [-0.3, -0.25) is 0 Å². The van der Waals surface area contributed by atoms with Crippen LogP contribution in [0.5, 0.6) is 0 Å². The average Bonchev–Trinajstić information content (AvgIpc) is 2.75. The highest BCUT2D eigenvalue weighted by molar-refractivity contribution is 4.98. The normalized spacial score (nSPS) is 28.1. The van der Waals surface area contributed by atoms with Crippen LogP contribution in [0.1, 0.15) is 65.7 Å². The van der Waals surface area contributed by atoms with Gasteiger partial charge in [-0.25, -0.2) is 9.67 Å². The van der Waals surface area contributed by atoms with Gasteiger partial charge in [-0.1, -0.05) is 27.2 Å². The van der Waals surface area contributed by atoms with Crippen molar-refractivity contribution >= 4 is 0 Å². The number of hydrogen-bond donors (Lipinski definition) is 1. The molecule has 1 heterocycles. The molecule has 1 aromatic heterocycles. The van der Waals surface area contributed by atoms with Crippen molar-refractivity contribution in [3.63, 3.8) is 0 Å². The Kier molecular flexibility index (Phi) is 4.52. The van der Waals surface area contributed by atoms with Gasteiger partial charge in [0.25, 0.3) is 0 Å². The van der Waals surface area contributed by atoms with Gasteiger partial charge in [0.1, 0.15) is 12.2 Å². The predicted molar refractivity (Wildman–Crippen MR) is 82.4 cm³/mol. The second-order valence-corrected chi connectivity index (χ2v) is 7.57. The summed E-state index contributed by atoms with van der Waals surface area (Å²) in [6.45, 7) is 11.3. The molecular formula is C16H30N4. The highest BCUT2D eigenvalue weighted by Gasteiger charge is 2.38. The molecule has 2 N–H and O–H groups in total. The van der Waals surface area contributed by atoms with E-state index in [1.54, 1.807) is 6.33 Å². The zero-order valence-electron chi connectivity index (χ0n) is 13.6. The second-order valence-electron chi connectivity index (χ2n) is 7.57. The van der Waals surface area contributed by atoms with Crippen molar-refractivity contribution < 1.29 is 0 Å². The molecule has 0 saturated heterocycles. The van der Waals surface area contributed by atoms with Crippen molar-refractivity contribution in [1.29, 1.82) is 0 Å². The monoisotopic (exact) mass is 278 g/mol. The van der Waals surface area contributed by atoms with Crippen LogP contribution in [0.3, 0.4) is 0 Å². The van der Waals surface area contributed by atoms with Gasteiger partial charge >= 0.3 is 0 Å². The lowest BCUT2D eigenvalue weighted by atomic mass is 9.65. The molecule has 1 aromatic rings. The molecule has 1 aliphatic rings. The van der Waals surface area contributed by atoms with Gasteiger partial charge in [-0.05, 0) is 43.9 Å². The molecule has 0 aliphatic heterocycles. The summed E-state index contributed by atoms with van der Waals surface area (Å²) in [5.74, 6) is 2.45. The molecule has 0 spiro atoms. The van der Waals surface area contributed by atoms with Crippen LogP contribution in [0.15, 0.2) is 6.33 Å².